The molecule has 3 rings (SSSR count). The molecule has 136 valence electrons. The molecule has 0 saturated carbocycles. The number of benzene rings is 2. The molecule has 0 aliphatic heterocycles. The highest BCUT2D eigenvalue weighted by Crippen LogP contribution is 2.26. The summed E-state index contributed by atoms with van der Waals surface area (Å²) in [6.07, 6.45) is 0. The predicted octanol–water partition coefficient (Wildman–Crippen LogP) is 3.24. The number of nitrogens with zero attached hydrogens (tertiary/aromatic N) is 2. The average molecular weight is 409 g/mol. The van der Waals surface area contributed by atoms with Crippen molar-refractivity contribution in [2.24, 2.45) is 12.0 Å². The molecule has 5 nitrogen and oxygen atoms in total. The standard InChI is InChI=1S/C18H17ClN2O3S2/c1-12-14(19)8-9-15-17(12)21(2)18(25-15)20-16(22)11-26(23,24)10-13-6-4-3-5-7-13/h3-9H,10-11H2,1-2H3. The number of hydrogen-bond acceptors (Lipinski definition) is 4. The van der Waals surface area contributed by atoms with Gasteiger partial charge in [0, 0.05) is 12.1 Å². The summed E-state index contributed by atoms with van der Waals surface area (Å²) in [5.74, 6) is -1.47. The highest BCUT2D eigenvalue weighted by atomic mass is 35.5. The molecule has 0 aliphatic carbocycles. The van der Waals surface area contributed by atoms with Gasteiger partial charge < -0.3 is 4.57 Å². The number of rotatable bonds is 4. The quantitative estimate of drug-likeness (QED) is 0.665. The highest BCUT2D eigenvalue weighted by molar-refractivity contribution is 7.91. The molecule has 26 heavy (non-hydrogen) atoms. The number of aromatic nitrogens is 1. The van der Waals surface area contributed by atoms with Crippen LogP contribution in [-0.2, 0) is 27.4 Å². The van der Waals surface area contributed by atoms with E-state index in [0.717, 1.165) is 15.8 Å². The molecule has 0 bridgehead atoms. The van der Waals surface area contributed by atoms with E-state index in [2.05, 4.69) is 4.99 Å². The number of aryl methyl sites for hydroxylation is 2. The zero-order valence-electron chi connectivity index (χ0n) is 14.3. The predicted molar refractivity (Wildman–Crippen MR) is 105 cm³/mol. The Morgan fingerprint density at radius 1 is 1.19 bits per heavy atom. The van der Waals surface area contributed by atoms with Gasteiger partial charge in [0.1, 0.15) is 5.75 Å². The van der Waals surface area contributed by atoms with Crippen LogP contribution in [0.25, 0.3) is 10.2 Å². The number of carbonyl (C=O) groups excluding carboxylic acids is 1. The minimum absolute atomic E-state index is 0.178. The molecule has 3 aromatic rings. The molecule has 0 spiro atoms. The van der Waals surface area contributed by atoms with Gasteiger partial charge in [0.2, 0.25) is 0 Å². The van der Waals surface area contributed by atoms with Crippen LogP contribution in [0.3, 0.4) is 0 Å². The summed E-state index contributed by atoms with van der Waals surface area (Å²) < 4.78 is 27.2. The molecule has 1 aromatic heterocycles. The van der Waals surface area contributed by atoms with Crippen molar-refractivity contribution in [3.8, 4) is 0 Å². The van der Waals surface area contributed by atoms with Crippen LogP contribution in [0.4, 0.5) is 0 Å². The Labute approximate surface area is 160 Å². The van der Waals surface area contributed by atoms with E-state index in [1.54, 1.807) is 41.9 Å². The maximum atomic E-state index is 12.3. The normalized spacial score (nSPS) is 12.7. The molecule has 1 heterocycles. The van der Waals surface area contributed by atoms with Gasteiger partial charge >= 0.3 is 0 Å². The lowest BCUT2D eigenvalue weighted by Crippen LogP contribution is -2.20. The first-order valence-electron chi connectivity index (χ1n) is 7.83. The molecule has 0 fully saturated rings. The fourth-order valence-electron chi connectivity index (χ4n) is 2.72. The molecular weight excluding hydrogens is 392 g/mol. The van der Waals surface area contributed by atoms with Crippen LogP contribution in [-0.4, -0.2) is 24.6 Å². The van der Waals surface area contributed by atoms with Gasteiger partial charge in [0.15, 0.2) is 14.6 Å². The number of amides is 1. The number of fused-ring (bicyclic) bond motifs is 1. The van der Waals surface area contributed by atoms with Gasteiger partial charge in [0.05, 0.1) is 16.0 Å². The lowest BCUT2D eigenvalue weighted by molar-refractivity contribution is -0.115. The van der Waals surface area contributed by atoms with Crippen molar-refractivity contribution in [3.63, 3.8) is 0 Å². The van der Waals surface area contributed by atoms with Gasteiger partial charge in [-0.2, -0.15) is 4.99 Å². The number of hydrogen-bond donors (Lipinski definition) is 0. The Hall–Kier alpha value is -1.96. The molecule has 0 unspecified atom stereocenters. The Kier molecular flexibility index (Phi) is 5.32. The number of sulfone groups is 1. The zero-order valence-corrected chi connectivity index (χ0v) is 16.7. The van der Waals surface area contributed by atoms with Crippen molar-refractivity contribution in [2.75, 3.05) is 5.75 Å². The van der Waals surface area contributed by atoms with E-state index in [1.165, 1.54) is 11.3 Å². The summed E-state index contributed by atoms with van der Waals surface area (Å²) in [5.41, 5.74) is 2.44. The lowest BCUT2D eigenvalue weighted by atomic mass is 10.2. The van der Waals surface area contributed by atoms with Crippen molar-refractivity contribution in [1.82, 2.24) is 4.57 Å². The van der Waals surface area contributed by atoms with Gasteiger partial charge in [-0.05, 0) is 30.2 Å². The molecule has 1 amide bonds. The SMILES string of the molecule is Cc1c(Cl)ccc2sc(=NC(=O)CS(=O)(=O)Cc3ccccc3)n(C)c12. The maximum absolute atomic E-state index is 12.3. The van der Waals surface area contributed by atoms with E-state index < -0.39 is 21.5 Å². The second-order valence-corrected chi connectivity index (χ2v) is 9.47. The summed E-state index contributed by atoms with van der Waals surface area (Å²) in [6.45, 7) is 1.90. The maximum Gasteiger partial charge on any atom is 0.263 e. The van der Waals surface area contributed by atoms with Gasteiger partial charge in [-0.3, -0.25) is 4.79 Å². The Bertz CT molecular complexity index is 1150. The Morgan fingerprint density at radius 2 is 1.88 bits per heavy atom. The molecule has 0 atom stereocenters. The van der Waals surface area contributed by atoms with E-state index in [0.29, 0.717) is 15.4 Å². The minimum Gasteiger partial charge on any atom is -0.319 e. The first kappa shape index (κ1) is 18.8. The molecule has 0 aliphatic rings. The molecule has 0 saturated heterocycles. The van der Waals surface area contributed by atoms with Gasteiger partial charge in [0.25, 0.3) is 5.91 Å². The van der Waals surface area contributed by atoms with E-state index in [-0.39, 0.29) is 5.75 Å². The summed E-state index contributed by atoms with van der Waals surface area (Å²) in [6, 6.07) is 12.4. The number of thiazole rings is 1. The topological polar surface area (TPSA) is 68.5 Å². The summed E-state index contributed by atoms with van der Waals surface area (Å²) in [4.78, 5) is 16.7. The van der Waals surface area contributed by atoms with Crippen molar-refractivity contribution >= 4 is 48.9 Å². The first-order chi connectivity index (χ1) is 12.3. The fraction of sp³-hybridized carbons (Fsp3) is 0.222. The largest absolute Gasteiger partial charge is 0.319 e. The molecule has 2 aromatic carbocycles. The number of carbonyl (C=O) groups is 1. The third kappa shape index (κ3) is 4.06. The average Bonchev–Trinajstić information content (AvgIpc) is 2.87. The Morgan fingerprint density at radius 3 is 2.58 bits per heavy atom. The lowest BCUT2D eigenvalue weighted by Gasteiger charge is -2.03. The van der Waals surface area contributed by atoms with E-state index in [1.807, 2.05) is 19.1 Å². The summed E-state index contributed by atoms with van der Waals surface area (Å²) >= 11 is 7.48. The Balaban J connectivity index is 1.88. The van der Waals surface area contributed by atoms with Crippen LogP contribution in [0.2, 0.25) is 5.02 Å². The van der Waals surface area contributed by atoms with Crippen molar-refractivity contribution < 1.29 is 13.2 Å². The summed E-state index contributed by atoms with van der Waals surface area (Å²) in [7, 11) is -1.80. The van der Waals surface area contributed by atoms with Gasteiger partial charge in [-0.1, -0.05) is 53.3 Å². The molecular formula is C18H17ClN2O3S2. The van der Waals surface area contributed by atoms with Crippen molar-refractivity contribution in [1.29, 1.82) is 0 Å². The van der Waals surface area contributed by atoms with E-state index >= 15 is 0 Å². The second kappa shape index (κ2) is 7.34. The second-order valence-electron chi connectivity index (χ2n) is 5.99. The monoisotopic (exact) mass is 408 g/mol. The smallest absolute Gasteiger partial charge is 0.263 e. The zero-order chi connectivity index (χ0) is 18.9. The number of halogens is 1. The van der Waals surface area contributed by atoms with Crippen molar-refractivity contribution in [3.05, 3.63) is 63.4 Å². The highest BCUT2D eigenvalue weighted by Gasteiger charge is 2.18. The van der Waals surface area contributed by atoms with Gasteiger partial charge in [-0.25, -0.2) is 8.42 Å². The van der Waals surface area contributed by atoms with Crippen LogP contribution < -0.4 is 4.80 Å². The third-order valence-electron chi connectivity index (χ3n) is 3.94. The van der Waals surface area contributed by atoms with E-state index in [9.17, 15) is 13.2 Å². The molecule has 0 N–H and O–H groups in total. The van der Waals surface area contributed by atoms with Crippen LogP contribution in [0, 0.1) is 6.92 Å². The molecule has 8 heteroatoms. The van der Waals surface area contributed by atoms with Crippen molar-refractivity contribution in [2.45, 2.75) is 12.7 Å². The third-order valence-corrected chi connectivity index (χ3v) is 6.91. The van der Waals surface area contributed by atoms with Crippen LogP contribution in [0.15, 0.2) is 47.5 Å². The summed E-state index contributed by atoms with van der Waals surface area (Å²) in [5, 5.41) is 0.634. The first-order valence-corrected chi connectivity index (χ1v) is 10.8. The van der Waals surface area contributed by atoms with E-state index in [4.69, 9.17) is 11.6 Å². The van der Waals surface area contributed by atoms with Crippen LogP contribution >= 0.6 is 22.9 Å². The van der Waals surface area contributed by atoms with Gasteiger partial charge in [-0.15, -0.1) is 0 Å². The minimum atomic E-state index is -3.58. The van der Waals surface area contributed by atoms with Crippen LogP contribution in [0.5, 0.6) is 0 Å². The fourth-order valence-corrected chi connectivity index (χ4v) is 5.21. The molecule has 0 radical (unpaired) electrons. The van der Waals surface area contributed by atoms with Crippen LogP contribution in [0.1, 0.15) is 11.1 Å².